The van der Waals surface area contributed by atoms with Crippen LogP contribution in [0.2, 0.25) is 0 Å². The molecule has 3 rings (SSSR count). The van der Waals surface area contributed by atoms with Gasteiger partial charge in [-0.25, -0.2) is 0 Å². The van der Waals surface area contributed by atoms with Crippen molar-refractivity contribution in [3.8, 4) is 0 Å². The smallest absolute Gasteiger partial charge is 0.338 e. The first-order chi connectivity index (χ1) is 11.0. The molecule has 3 aliphatic rings. The number of piperidine rings is 1. The van der Waals surface area contributed by atoms with Gasteiger partial charge in [0.05, 0.1) is 18.3 Å². The number of rotatable bonds is 4. The molecule has 3 heterocycles. The van der Waals surface area contributed by atoms with Crippen LogP contribution in [0.5, 0.6) is 0 Å². The summed E-state index contributed by atoms with van der Waals surface area (Å²) >= 11 is 0. The van der Waals surface area contributed by atoms with Crippen molar-refractivity contribution >= 4 is 10.3 Å². The fraction of sp³-hybridized carbons (Fsp3) is 1.00. The maximum atomic E-state index is 12.3. The molecule has 0 saturated carbocycles. The van der Waals surface area contributed by atoms with E-state index in [4.69, 9.17) is 19.4 Å². The summed E-state index contributed by atoms with van der Waals surface area (Å²) in [6, 6.07) is 0. The van der Waals surface area contributed by atoms with Crippen molar-refractivity contribution in [1.29, 1.82) is 0 Å². The summed E-state index contributed by atoms with van der Waals surface area (Å²) in [6.07, 6.45) is -0.394. The molecule has 0 radical (unpaired) electrons. The number of hydrogen-bond donors (Lipinski definition) is 2. The normalized spacial score (nSPS) is 39.0. The van der Waals surface area contributed by atoms with E-state index in [1.165, 1.54) is 4.31 Å². The number of fused-ring (bicyclic) bond motifs is 1. The largest absolute Gasteiger partial charge is 0.387 e. The molecule has 0 aliphatic carbocycles. The average molecular weight is 364 g/mol. The highest BCUT2D eigenvalue weighted by Gasteiger charge is 2.53. The van der Waals surface area contributed by atoms with Gasteiger partial charge in [-0.15, -0.1) is 0 Å². The maximum absolute atomic E-state index is 12.3. The molecular formula is C15H28N2O6S. The summed E-state index contributed by atoms with van der Waals surface area (Å²) in [7, 11) is -3.85. The third kappa shape index (κ3) is 3.77. The third-order valence-corrected chi connectivity index (χ3v) is 6.58. The lowest BCUT2D eigenvalue weighted by Crippen LogP contribution is -2.50. The number of aliphatic hydroxyl groups is 1. The fourth-order valence-corrected chi connectivity index (χ4v) is 4.70. The number of aliphatic hydroxyl groups excluding tert-OH is 1. The topological polar surface area (TPSA) is 111 Å². The van der Waals surface area contributed by atoms with Crippen molar-refractivity contribution in [2.24, 2.45) is 5.73 Å². The Hall–Kier alpha value is -0.290. The number of nitrogens with two attached hydrogens (primary N) is 1. The summed E-state index contributed by atoms with van der Waals surface area (Å²) in [5, 5.41) is 10.3. The molecule has 9 heteroatoms. The average Bonchev–Trinajstić information content (AvgIpc) is 2.90. The molecular weight excluding hydrogens is 336 g/mol. The minimum absolute atomic E-state index is 0.212. The summed E-state index contributed by atoms with van der Waals surface area (Å²) in [6.45, 7) is 6.27. The highest BCUT2D eigenvalue weighted by molar-refractivity contribution is 7.84. The van der Waals surface area contributed by atoms with E-state index < -0.39 is 28.6 Å². The molecule has 3 N–H and O–H groups in total. The number of ether oxygens (including phenoxy) is 2. The first-order valence-corrected chi connectivity index (χ1v) is 9.80. The predicted octanol–water partition coefficient (Wildman–Crippen LogP) is -0.243. The molecule has 3 saturated heterocycles. The van der Waals surface area contributed by atoms with Crippen LogP contribution in [0.25, 0.3) is 0 Å². The van der Waals surface area contributed by atoms with Crippen LogP contribution in [0.4, 0.5) is 0 Å². The monoisotopic (exact) mass is 364 g/mol. The molecule has 3 fully saturated rings. The maximum Gasteiger partial charge on any atom is 0.338 e. The quantitative estimate of drug-likeness (QED) is 0.708. The number of nitrogens with zero attached hydrogens (tertiary/aromatic N) is 1. The predicted molar refractivity (Wildman–Crippen MR) is 86.5 cm³/mol. The second-order valence-electron chi connectivity index (χ2n) is 8.05. The van der Waals surface area contributed by atoms with Gasteiger partial charge in [0.15, 0.2) is 0 Å². The Morgan fingerprint density at radius 3 is 2.50 bits per heavy atom. The Kier molecular flexibility index (Phi) is 4.74. The molecule has 0 bridgehead atoms. The molecule has 3 aliphatic heterocycles. The van der Waals surface area contributed by atoms with Gasteiger partial charge in [-0.3, -0.25) is 4.18 Å². The number of hydrogen-bond acceptors (Lipinski definition) is 7. The molecule has 0 amide bonds. The lowest BCUT2D eigenvalue weighted by Gasteiger charge is -2.35. The van der Waals surface area contributed by atoms with Gasteiger partial charge in [0.25, 0.3) is 0 Å². The van der Waals surface area contributed by atoms with Crippen molar-refractivity contribution in [2.45, 2.75) is 75.6 Å². The van der Waals surface area contributed by atoms with E-state index in [1.54, 1.807) is 0 Å². The van der Waals surface area contributed by atoms with Crippen molar-refractivity contribution in [1.82, 2.24) is 4.31 Å². The van der Waals surface area contributed by atoms with Gasteiger partial charge in [-0.2, -0.15) is 12.7 Å². The van der Waals surface area contributed by atoms with Crippen LogP contribution in [0.1, 0.15) is 40.0 Å². The fourth-order valence-electron chi connectivity index (χ4n) is 3.61. The van der Waals surface area contributed by atoms with Crippen LogP contribution in [-0.2, 0) is 24.0 Å². The molecule has 0 aromatic carbocycles. The van der Waals surface area contributed by atoms with Crippen LogP contribution in [0.15, 0.2) is 0 Å². The van der Waals surface area contributed by atoms with Gasteiger partial charge in [-0.1, -0.05) is 0 Å². The minimum atomic E-state index is -3.85. The molecule has 0 aromatic rings. The van der Waals surface area contributed by atoms with E-state index in [0.717, 1.165) is 0 Å². The highest BCUT2D eigenvalue weighted by Crippen LogP contribution is 2.39. The Labute approximate surface area is 143 Å². The Morgan fingerprint density at radius 1 is 1.29 bits per heavy atom. The van der Waals surface area contributed by atoms with Crippen LogP contribution < -0.4 is 5.73 Å². The third-order valence-electron chi connectivity index (χ3n) is 5.14. The van der Waals surface area contributed by atoms with Gasteiger partial charge in [0.2, 0.25) is 0 Å². The van der Waals surface area contributed by atoms with Gasteiger partial charge >= 0.3 is 10.3 Å². The highest BCUT2D eigenvalue weighted by atomic mass is 32.2. The van der Waals surface area contributed by atoms with Crippen LogP contribution >= 0.6 is 0 Å². The van der Waals surface area contributed by atoms with Gasteiger partial charge < -0.3 is 20.3 Å². The minimum Gasteiger partial charge on any atom is -0.387 e. The second kappa shape index (κ2) is 6.15. The Bertz CT molecular complexity index is 569. The van der Waals surface area contributed by atoms with E-state index in [2.05, 4.69) is 0 Å². The molecule has 8 nitrogen and oxygen atoms in total. The lowest BCUT2D eigenvalue weighted by atomic mass is 9.92. The van der Waals surface area contributed by atoms with Crippen molar-refractivity contribution in [2.75, 3.05) is 19.7 Å². The first-order valence-electron chi connectivity index (χ1n) is 8.44. The van der Waals surface area contributed by atoms with Crippen LogP contribution in [-0.4, -0.2) is 73.1 Å². The SMILES string of the molecule is CC1(N)CCN(S(=O)(=O)OC[C@H]2O[C@@H]3CC(C)(C)O[C@@H]3[C@H]2O)CC1. The lowest BCUT2D eigenvalue weighted by molar-refractivity contribution is -0.0783. The Balaban J connectivity index is 1.53. The summed E-state index contributed by atoms with van der Waals surface area (Å²) < 4.78 is 42.6. The van der Waals surface area contributed by atoms with Crippen LogP contribution in [0.3, 0.4) is 0 Å². The van der Waals surface area contributed by atoms with E-state index in [-0.39, 0.29) is 23.9 Å². The van der Waals surface area contributed by atoms with Gasteiger partial charge in [0.1, 0.15) is 18.3 Å². The van der Waals surface area contributed by atoms with Gasteiger partial charge in [0, 0.05) is 25.0 Å². The summed E-state index contributed by atoms with van der Waals surface area (Å²) in [5.41, 5.74) is 5.35. The standard InChI is InChI=1S/C15H28N2O6S/c1-14(2)8-10-13(23-14)12(18)11(22-10)9-21-24(19,20)17-6-4-15(3,16)5-7-17/h10-13,18H,4-9,16H2,1-3H3/t10-,11-,12+,13+/m1/s1. The molecule has 24 heavy (non-hydrogen) atoms. The second-order valence-corrected chi connectivity index (χ2v) is 9.65. The van der Waals surface area contributed by atoms with Crippen LogP contribution in [0, 0.1) is 0 Å². The summed E-state index contributed by atoms with van der Waals surface area (Å²) in [4.78, 5) is 0. The summed E-state index contributed by atoms with van der Waals surface area (Å²) in [5.74, 6) is 0. The molecule has 0 unspecified atom stereocenters. The van der Waals surface area contributed by atoms with Crippen molar-refractivity contribution in [3.63, 3.8) is 0 Å². The molecule has 140 valence electrons. The van der Waals surface area contributed by atoms with E-state index in [0.29, 0.717) is 32.4 Å². The van der Waals surface area contributed by atoms with Crippen molar-refractivity contribution < 1.29 is 27.2 Å². The van der Waals surface area contributed by atoms with E-state index in [1.807, 2.05) is 20.8 Å². The van der Waals surface area contributed by atoms with Crippen molar-refractivity contribution in [3.05, 3.63) is 0 Å². The zero-order chi connectivity index (χ0) is 17.8. The zero-order valence-electron chi connectivity index (χ0n) is 14.5. The Morgan fingerprint density at radius 2 is 1.92 bits per heavy atom. The molecule has 0 aromatic heterocycles. The first kappa shape index (κ1) is 18.5. The molecule has 4 atom stereocenters. The molecule has 0 spiro atoms. The van der Waals surface area contributed by atoms with E-state index in [9.17, 15) is 13.5 Å². The van der Waals surface area contributed by atoms with Gasteiger partial charge in [-0.05, 0) is 33.6 Å². The zero-order valence-corrected chi connectivity index (χ0v) is 15.3. The van der Waals surface area contributed by atoms with E-state index >= 15 is 0 Å².